The first kappa shape index (κ1) is 24.8. The summed E-state index contributed by atoms with van der Waals surface area (Å²) in [6.07, 6.45) is 6.29. The summed E-state index contributed by atoms with van der Waals surface area (Å²) in [6, 6.07) is 3.42. The molecular formula is C25H32F2N6S2. The summed E-state index contributed by atoms with van der Waals surface area (Å²) in [5.41, 5.74) is 2.04. The van der Waals surface area contributed by atoms with Crippen LogP contribution < -0.4 is 0 Å². The Morgan fingerprint density at radius 1 is 1.26 bits per heavy atom. The van der Waals surface area contributed by atoms with Crippen LogP contribution in [0.15, 0.2) is 23.5 Å². The van der Waals surface area contributed by atoms with Crippen LogP contribution in [0.5, 0.6) is 0 Å². The Labute approximate surface area is 213 Å². The largest absolute Gasteiger partial charge is 0.304 e. The average molecular weight is 519 g/mol. The van der Waals surface area contributed by atoms with Crippen molar-refractivity contribution < 1.29 is 8.78 Å². The van der Waals surface area contributed by atoms with Crippen LogP contribution in [0.2, 0.25) is 0 Å². The predicted molar refractivity (Wildman–Crippen MR) is 136 cm³/mol. The zero-order valence-electron chi connectivity index (χ0n) is 20.7. The molecule has 3 aromatic heterocycles. The molecule has 5 rings (SSSR count). The Bertz CT molecular complexity index is 1190. The number of hydrogen-bond acceptors (Lipinski definition) is 7. The molecule has 0 aromatic carbocycles. The third kappa shape index (κ3) is 4.76. The standard InChI is InChI=1S/C25H32F2N6S2/c1-16-21(35-17(2)29-16)22-30-31-23(32(22)4)34-12-6-11-33-14-19-7-5-10-25(19,15-33)18-8-9-20(28-13-18)24(3,26)27/h8-9,13,19H,5-7,10-12,14-15H2,1-4H3. The van der Waals surface area contributed by atoms with Gasteiger partial charge in [-0.15, -0.1) is 21.5 Å². The van der Waals surface area contributed by atoms with Crippen molar-refractivity contribution in [3.8, 4) is 10.7 Å². The second-order valence-corrected chi connectivity index (χ2v) is 12.3. The Morgan fingerprint density at radius 2 is 2.09 bits per heavy atom. The molecule has 188 valence electrons. The second kappa shape index (κ2) is 9.52. The molecule has 0 N–H and O–H groups in total. The van der Waals surface area contributed by atoms with Gasteiger partial charge in [-0.05, 0) is 57.2 Å². The average Bonchev–Trinajstić information content (AvgIpc) is 3.54. The van der Waals surface area contributed by atoms with Crippen molar-refractivity contribution >= 4 is 23.1 Å². The van der Waals surface area contributed by atoms with Gasteiger partial charge in [0, 0.05) is 44.4 Å². The number of halogens is 2. The van der Waals surface area contributed by atoms with Gasteiger partial charge in [0.2, 0.25) is 0 Å². The number of thioether (sulfide) groups is 1. The van der Waals surface area contributed by atoms with E-state index in [0.29, 0.717) is 5.92 Å². The maximum atomic E-state index is 13.6. The number of rotatable bonds is 8. The normalized spacial score (nSPS) is 22.7. The molecule has 1 saturated carbocycles. The van der Waals surface area contributed by atoms with Crippen LogP contribution in [-0.4, -0.2) is 55.0 Å². The lowest BCUT2D eigenvalue weighted by molar-refractivity contribution is 0.0127. The molecule has 1 aliphatic heterocycles. The summed E-state index contributed by atoms with van der Waals surface area (Å²) in [4.78, 5) is 12.3. The molecule has 2 fully saturated rings. The van der Waals surface area contributed by atoms with Crippen LogP contribution in [0.3, 0.4) is 0 Å². The van der Waals surface area contributed by atoms with Gasteiger partial charge in [-0.1, -0.05) is 24.2 Å². The molecule has 1 aliphatic carbocycles. The molecule has 0 radical (unpaired) electrons. The maximum Gasteiger partial charge on any atom is 0.286 e. The van der Waals surface area contributed by atoms with E-state index < -0.39 is 5.92 Å². The van der Waals surface area contributed by atoms with Crippen molar-refractivity contribution in [1.82, 2.24) is 29.6 Å². The minimum absolute atomic E-state index is 0.0604. The fraction of sp³-hybridized carbons (Fsp3) is 0.600. The maximum absolute atomic E-state index is 13.6. The molecule has 2 unspecified atom stereocenters. The lowest BCUT2D eigenvalue weighted by Gasteiger charge is -2.30. The van der Waals surface area contributed by atoms with Gasteiger partial charge >= 0.3 is 0 Å². The summed E-state index contributed by atoms with van der Waals surface area (Å²) in [6.45, 7) is 8.03. The predicted octanol–water partition coefficient (Wildman–Crippen LogP) is 5.60. The fourth-order valence-corrected chi connectivity index (χ4v) is 7.59. The summed E-state index contributed by atoms with van der Waals surface area (Å²) in [5, 5.41) is 10.8. The van der Waals surface area contributed by atoms with Crippen LogP contribution >= 0.6 is 23.1 Å². The van der Waals surface area contributed by atoms with E-state index in [4.69, 9.17) is 0 Å². The zero-order valence-corrected chi connectivity index (χ0v) is 22.4. The molecule has 0 spiro atoms. The molecule has 2 atom stereocenters. The highest BCUT2D eigenvalue weighted by Gasteiger charge is 2.50. The molecule has 3 aromatic rings. The van der Waals surface area contributed by atoms with E-state index in [1.54, 1.807) is 29.3 Å². The number of pyridine rings is 1. The van der Waals surface area contributed by atoms with Gasteiger partial charge in [-0.2, -0.15) is 8.78 Å². The number of aromatic nitrogens is 5. The van der Waals surface area contributed by atoms with Gasteiger partial charge in [0.25, 0.3) is 5.92 Å². The topological polar surface area (TPSA) is 59.7 Å². The Hall–Kier alpha value is -1.91. The summed E-state index contributed by atoms with van der Waals surface area (Å²) in [7, 11) is 2.02. The van der Waals surface area contributed by atoms with Crippen LogP contribution in [-0.2, 0) is 18.4 Å². The highest BCUT2D eigenvalue weighted by atomic mass is 32.2. The lowest BCUT2D eigenvalue weighted by Crippen LogP contribution is -2.32. The van der Waals surface area contributed by atoms with Crippen LogP contribution in [0.4, 0.5) is 8.78 Å². The van der Waals surface area contributed by atoms with E-state index in [-0.39, 0.29) is 11.1 Å². The SMILES string of the molecule is Cc1nc(C)c(-c2nnc(SCCCN3CC4CCCC4(c4ccc(C(C)(F)F)nc4)C3)n2C)s1. The first-order chi connectivity index (χ1) is 16.7. The van der Waals surface area contributed by atoms with Crippen molar-refractivity contribution in [2.75, 3.05) is 25.4 Å². The molecular weight excluding hydrogens is 486 g/mol. The fourth-order valence-electron chi connectivity index (χ4n) is 5.81. The van der Waals surface area contributed by atoms with E-state index in [9.17, 15) is 8.78 Å². The Balaban J connectivity index is 1.18. The van der Waals surface area contributed by atoms with Crippen LogP contribution in [0.1, 0.15) is 54.6 Å². The second-order valence-electron chi connectivity index (χ2n) is 10.0. The minimum Gasteiger partial charge on any atom is -0.304 e. The molecule has 1 saturated heterocycles. The van der Waals surface area contributed by atoms with Gasteiger partial charge in [0.15, 0.2) is 11.0 Å². The van der Waals surface area contributed by atoms with Crippen LogP contribution in [0.25, 0.3) is 10.7 Å². The minimum atomic E-state index is -2.90. The lowest BCUT2D eigenvalue weighted by atomic mass is 9.75. The van der Waals surface area contributed by atoms with Crippen LogP contribution in [0, 0.1) is 19.8 Å². The molecule has 4 heterocycles. The summed E-state index contributed by atoms with van der Waals surface area (Å²) in [5.74, 6) is -0.461. The van der Waals surface area contributed by atoms with E-state index >= 15 is 0 Å². The number of aryl methyl sites for hydroxylation is 2. The van der Waals surface area contributed by atoms with E-state index in [2.05, 4.69) is 29.6 Å². The Kier molecular flexibility index (Phi) is 6.74. The number of fused-ring (bicyclic) bond motifs is 1. The summed E-state index contributed by atoms with van der Waals surface area (Å²) >= 11 is 3.40. The monoisotopic (exact) mass is 518 g/mol. The zero-order chi connectivity index (χ0) is 24.8. The highest BCUT2D eigenvalue weighted by molar-refractivity contribution is 7.99. The number of likely N-dealkylation sites (tertiary alicyclic amines) is 1. The van der Waals surface area contributed by atoms with E-state index in [1.807, 2.05) is 27.0 Å². The van der Waals surface area contributed by atoms with Gasteiger partial charge in [0.05, 0.1) is 15.6 Å². The number of thiazole rings is 1. The smallest absolute Gasteiger partial charge is 0.286 e. The van der Waals surface area contributed by atoms with Crippen molar-refractivity contribution in [3.05, 3.63) is 40.3 Å². The van der Waals surface area contributed by atoms with E-state index in [1.165, 1.54) is 18.9 Å². The highest BCUT2D eigenvalue weighted by Crippen LogP contribution is 2.50. The molecule has 35 heavy (non-hydrogen) atoms. The number of hydrogen-bond donors (Lipinski definition) is 0. The van der Waals surface area contributed by atoms with E-state index in [0.717, 1.165) is 77.3 Å². The Morgan fingerprint density at radius 3 is 2.77 bits per heavy atom. The van der Waals surface area contributed by atoms with Gasteiger partial charge in [0.1, 0.15) is 5.69 Å². The molecule has 10 heteroatoms. The first-order valence-corrected chi connectivity index (χ1v) is 14.0. The number of alkyl halides is 2. The molecule has 2 aliphatic rings. The summed E-state index contributed by atoms with van der Waals surface area (Å²) < 4.78 is 29.3. The number of nitrogens with zero attached hydrogens (tertiary/aromatic N) is 6. The van der Waals surface area contributed by atoms with Gasteiger partial charge in [-0.3, -0.25) is 4.98 Å². The van der Waals surface area contributed by atoms with Gasteiger partial charge < -0.3 is 9.47 Å². The molecule has 0 bridgehead atoms. The third-order valence-corrected chi connectivity index (χ3v) is 9.70. The van der Waals surface area contributed by atoms with Crippen molar-refractivity contribution in [3.63, 3.8) is 0 Å². The molecule has 0 amide bonds. The van der Waals surface area contributed by atoms with Crippen molar-refractivity contribution in [2.24, 2.45) is 13.0 Å². The molecule has 6 nitrogen and oxygen atoms in total. The van der Waals surface area contributed by atoms with Crippen molar-refractivity contribution in [2.45, 2.75) is 62.9 Å². The quantitative estimate of drug-likeness (QED) is 0.286. The van der Waals surface area contributed by atoms with Gasteiger partial charge in [-0.25, -0.2) is 4.98 Å². The van der Waals surface area contributed by atoms with Crippen molar-refractivity contribution in [1.29, 1.82) is 0 Å². The third-order valence-electron chi connectivity index (χ3n) is 7.52. The first-order valence-electron chi connectivity index (χ1n) is 12.2.